The van der Waals surface area contributed by atoms with Gasteiger partial charge in [0, 0.05) is 6.42 Å². The molecule has 1 amide bonds. The average Bonchev–Trinajstić information content (AvgIpc) is 3.38. The van der Waals surface area contributed by atoms with Crippen molar-refractivity contribution >= 4 is 5.91 Å². The normalized spacial score (nSPS) is 19.3. The van der Waals surface area contributed by atoms with Crippen molar-refractivity contribution in [1.82, 2.24) is 5.32 Å². The van der Waals surface area contributed by atoms with Crippen LogP contribution < -0.4 is 5.32 Å². The number of hydrogen-bond acceptors (Lipinski definition) is 8. The molecule has 0 aromatic heterocycles. The van der Waals surface area contributed by atoms with E-state index in [2.05, 4.69) is 43.5 Å². The largest absolute Gasteiger partial charge is 0.394 e. The summed E-state index contributed by atoms with van der Waals surface area (Å²) in [5, 5.41) is 54.6. The topological polar surface area (TPSA) is 149 Å². The summed E-state index contributed by atoms with van der Waals surface area (Å²) in [5.74, 6) is -0.178. The second-order valence-corrected chi connectivity index (χ2v) is 21.9. The van der Waals surface area contributed by atoms with Crippen molar-refractivity contribution in [3.05, 3.63) is 36.5 Å². The number of amides is 1. The van der Waals surface area contributed by atoms with Crippen LogP contribution in [0.4, 0.5) is 0 Å². The molecule has 1 fully saturated rings. The third-order valence-electron chi connectivity index (χ3n) is 15.0. The van der Waals surface area contributed by atoms with Gasteiger partial charge >= 0.3 is 0 Å². The van der Waals surface area contributed by atoms with Gasteiger partial charge in [0.25, 0.3) is 0 Å². The molecule has 7 atom stereocenters. The quantitative estimate of drug-likeness (QED) is 0.0261. The summed E-state index contributed by atoms with van der Waals surface area (Å²) in [4.78, 5) is 13.1. The lowest BCUT2D eigenvalue weighted by molar-refractivity contribution is -0.302. The lowest BCUT2D eigenvalue weighted by atomic mass is 9.99. The number of nitrogens with one attached hydrogen (secondary N) is 1. The summed E-state index contributed by atoms with van der Waals surface area (Å²) in [5.41, 5.74) is 0. The van der Waals surface area contributed by atoms with Crippen molar-refractivity contribution < 1.29 is 39.8 Å². The summed E-state index contributed by atoms with van der Waals surface area (Å²) in [6, 6.07) is -0.808. The van der Waals surface area contributed by atoms with Crippen LogP contribution in [0.3, 0.4) is 0 Å². The molecule has 0 saturated carbocycles. The first kappa shape index (κ1) is 68.4. The van der Waals surface area contributed by atoms with E-state index in [9.17, 15) is 30.3 Å². The highest BCUT2D eigenvalue weighted by Gasteiger charge is 2.44. The molecule has 0 radical (unpaired) electrons. The van der Waals surface area contributed by atoms with Crippen molar-refractivity contribution in [3.8, 4) is 0 Å². The first-order valence-corrected chi connectivity index (χ1v) is 31.2. The van der Waals surface area contributed by atoms with E-state index >= 15 is 0 Å². The molecule has 7 unspecified atom stereocenters. The summed E-state index contributed by atoms with van der Waals surface area (Å²) in [7, 11) is 0. The van der Waals surface area contributed by atoms with E-state index in [-0.39, 0.29) is 12.5 Å². The maximum absolute atomic E-state index is 13.1. The molecule has 1 saturated heterocycles. The van der Waals surface area contributed by atoms with E-state index in [1.165, 1.54) is 238 Å². The smallest absolute Gasteiger partial charge is 0.220 e. The van der Waals surface area contributed by atoms with Gasteiger partial charge in [-0.1, -0.05) is 281 Å². The molecule has 72 heavy (non-hydrogen) atoms. The summed E-state index contributed by atoms with van der Waals surface area (Å²) in [6.45, 7) is 3.80. The summed E-state index contributed by atoms with van der Waals surface area (Å²) in [6.07, 6.45) is 62.2. The first-order valence-electron chi connectivity index (χ1n) is 31.2. The van der Waals surface area contributed by atoms with E-state index in [0.29, 0.717) is 6.42 Å². The van der Waals surface area contributed by atoms with E-state index in [1.807, 2.05) is 6.08 Å². The Kier molecular flexibility index (Phi) is 50.2. The molecule has 9 nitrogen and oxygen atoms in total. The van der Waals surface area contributed by atoms with Gasteiger partial charge in [-0.3, -0.25) is 4.79 Å². The van der Waals surface area contributed by atoms with Gasteiger partial charge in [0.05, 0.1) is 25.4 Å². The third kappa shape index (κ3) is 41.6. The Balaban J connectivity index is 2.19. The zero-order chi connectivity index (χ0) is 52.2. The van der Waals surface area contributed by atoms with E-state index in [4.69, 9.17) is 9.47 Å². The van der Waals surface area contributed by atoms with Gasteiger partial charge < -0.3 is 40.3 Å². The summed E-state index contributed by atoms with van der Waals surface area (Å²) < 4.78 is 11.3. The number of ether oxygens (including phenoxy) is 2. The fraction of sp³-hybridized carbons (Fsp3) is 0.889. The molecule has 1 rings (SSSR count). The second kappa shape index (κ2) is 52.8. The van der Waals surface area contributed by atoms with Gasteiger partial charge in [-0.25, -0.2) is 0 Å². The fourth-order valence-corrected chi connectivity index (χ4v) is 10.0. The Morgan fingerprint density at radius 1 is 0.472 bits per heavy atom. The molecule has 0 aromatic carbocycles. The highest BCUT2D eigenvalue weighted by Crippen LogP contribution is 2.23. The highest BCUT2D eigenvalue weighted by molar-refractivity contribution is 5.76. The lowest BCUT2D eigenvalue weighted by Gasteiger charge is -2.40. The van der Waals surface area contributed by atoms with Crippen LogP contribution in [0.5, 0.6) is 0 Å². The molecule has 6 N–H and O–H groups in total. The molecular formula is C63H119NO8. The zero-order valence-corrected chi connectivity index (χ0v) is 47.2. The Morgan fingerprint density at radius 2 is 0.819 bits per heavy atom. The molecule has 0 aliphatic carbocycles. The maximum Gasteiger partial charge on any atom is 0.220 e. The van der Waals surface area contributed by atoms with Gasteiger partial charge in [0.1, 0.15) is 24.4 Å². The Bertz CT molecular complexity index is 1230. The summed E-state index contributed by atoms with van der Waals surface area (Å²) >= 11 is 0. The van der Waals surface area contributed by atoms with Gasteiger partial charge in [-0.15, -0.1) is 0 Å². The molecular weight excluding hydrogens is 899 g/mol. The standard InChI is InChI=1S/C63H119NO8/c1-3-5-7-9-11-13-15-17-19-21-23-25-26-27-28-29-30-31-33-34-36-38-40-42-44-46-48-50-52-57(66)56(55-71-63-62(70)61(69)60(68)58(54-65)72-63)64-59(67)53-51-49-47-45-43-41-39-37-35-32-24-22-20-18-16-14-12-10-8-6-4-2/h16,18,22,24,50,52,56-58,60-63,65-66,68-70H,3-15,17,19-21,23,25-49,51,53-55H2,1-2H3,(H,64,67)/b18-16-,24-22-,52-50+. The van der Waals surface area contributed by atoms with Crippen LogP contribution in [0.2, 0.25) is 0 Å². The fourth-order valence-electron chi connectivity index (χ4n) is 10.0. The Hall–Kier alpha value is -1.59. The predicted molar refractivity (Wildman–Crippen MR) is 304 cm³/mol. The monoisotopic (exact) mass is 1020 g/mol. The minimum Gasteiger partial charge on any atom is -0.394 e. The van der Waals surface area contributed by atoms with Crippen LogP contribution in [0.25, 0.3) is 0 Å². The van der Waals surface area contributed by atoms with Crippen molar-refractivity contribution in [2.45, 2.75) is 346 Å². The predicted octanol–water partition coefficient (Wildman–Crippen LogP) is 15.9. The second-order valence-electron chi connectivity index (χ2n) is 21.9. The number of aliphatic hydroxyl groups is 5. The molecule has 9 heteroatoms. The van der Waals surface area contributed by atoms with Gasteiger partial charge in [0.2, 0.25) is 5.91 Å². The van der Waals surface area contributed by atoms with Crippen molar-refractivity contribution in [3.63, 3.8) is 0 Å². The molecule has 0 bridgehead atoms. The number of aliphatic hydroxyl groups excluding tert-OH is 5. The van der Waals surface area contributed by atoms with Crippen LogP contribution in [0, 0.1) is 0 Å². The van der Waals surface area contributed by atoms with Crippen LogP contribution in [0.1, 0.15) is 303 Å². The van der Waals surface area contributed by atoms with Gasteiger partial charge in [-0.05, 0) is 51.4 Å². The number of unbranched alkanes of at least 4 members (excludes halogenated alkanes) is 40. The number of rotatable bonds is 54. The molecule has 0 spiro atoms. The van der Waals surface area contributed by atoms with E-state index < -0.39 is 49.5 Å². The maximum atomic E-state index is 13.1. The molecule has 1 aliphatic heterocycles. The van der Waals surface area contributed by atoms with E-state index in [1.54, 1.807) is 6.08 Å². The van der Waals surface area contributed by atoms with Crippen LogP contribution in [0.15, 0.2) is 36.5 Å². The highest BCUT2D eigenvalue weighted by atomic mass is 16.7. The SMILES string of the molecule is CCCCCCC/C=C\C/C=C\CCCCCCCCCCCC(=O)NC(COC1OC(CO)C(O)C(O)C1O)C(O)/C=C/CCCCCCCCCCCCCCCCCCCCCCCCCCCC. The lowest BCUT2D eigenvalue weighted by Crippen LogP contribution is -2.60. The van der Waals surface area contributed by atoms with Crippen molar-refractivity contribution in [2.24, 2.45) is 0 Å². The van der Waals surface area contributed by atoms with Crippen molar-refractivity contribution in [2.75, 3.05) is 13.2 Å². The third-order valence-corrected chi connectivity index (χ3v) is 15.0. The Morgan fingerprint density at radius 3 is 1.19 bits per heavy atom. The van der Waals surface area contributed by atoms with Gasteiger partial charge in [-0.2, -0.15) is 0 Å². The first-order chi connectivity index (χ1) is 35.3. The van der Waals surface area contributed by atoms with Crippen LogP contribution >= 0.6 is 0 Å². The average molecular weight is 1020 g/mol. The van der Waals surface area contributed by atoms with Crippen molar-refractivity contribution in [1.29, 1.82) is 0 Å². The number of carbonyl (C=O) groups excluding carboxylic acids is 1. The molecule has 1 aliphatic rings. The number of allylic oxidation sites excluding steroid dienone is 5. The van der Waals surface area contributed by atoms with E-state index in [0.717, 1.165) is 44.9 Å². The zero-order valence-electron chi connectivity index (χ0n) is 47.2. The number of carbonyl (C=O) groups is 1. The number of hydrogen-bond donors (Lipinski definition) is 6. The van der Waals surface area contributed by atoms with Gasteiger partial charge in [0.15, 0.2) is 6.29 Å². The minimum atomic E-state index is -1.57. The molecule has 0 aromatic rings. The minimum absolute atomic E-state index is 0.178. The molecule has 424 valence electrons. The van der Waals surface area contributed by atoms with Crippen LogP contribution in [-0.4, -0.2) is 87.5 Å². The Labute approximate surface area is 444 Å². The van der Waals surface area contributed by atoms with Crippen LogP contribution in [-0.2, 0) is 14.3 Å². The molecule has 1 heterocycles.